The predicted octanol–water partition coefficient (Wildman–Crippen LogP) is 6.33. The maximum absolute atomic E-state index is 6.68. The van der Waals surface area contributed by atoms with Gasteiger partial charge in [-0.05, 0) is 76.4 Å². The molecule has 0 aliphatic heterocycles. The second-order valence-electron chi connectivity index (χ2n) is 10.1. The Morgan fingerprint density at radius 3 is 1.73 bits per heavy atom. The Bertz CT molecular complexity index is 552. The maximum atomic E-state index is 6.68. The first-order valence-corrected chi connectivity index (χ1v) is 22.2. The van der Waals surface area contributed by atoms with Gasteiger partial charge in [0.1, 0.15) is 0 Å². The summed E-state index contributed by atoms with van der Waals surface area (Å²) in [6, 6.07) is 11.7. The largest absolute Gasteiger partial charge is 0.454 e. The van der Waals surface area contributed by atoms with Gasteiger partial charge in [0.25, 0.3) is 0 Å². The monoisotopic (exact) mass is 428 g/mol. The molecule has 0 fully saturated rings. The van der Waals surface area contributed by atoms with Crippen molar-refractivity contribution < 1.29 is 12.7 Å². The van der Waals surface area contributed by atoms with E-state index in [1.807, 2.05) is 0 Å². The van der Waals surface area contributed by atoms with Crippen LogP contribution in [0, 0.1) is 0 Å². The fourth-order valence-corrected chi connectivity index (χ4v) is 20.1. The summed E-state index contributed by atoms with van der Waals surface area (Å²) >= 11 is 0. The Morgan fingerprint density at radius 2 is 1.27 bits per heavy atom. The van der Waals surface area contributed by atoms with Crippen LogP contribution in [0.2, 0.25) is 65.0 Å². The molecule has 1 aromatic carbocycles. The number of hydrogen-bond acceptors (Lipinski definition) is 3. The van der Waals surface area contributed by atoms with Gasteiger partial charge in [0.2, 0.25) is 0 Å². The summed E-state index contributed by atoms with van der Waals surface area (Å²) in [5, 5.41) is 0. The van der Waals surface area contributed by atoms with Crippen molar-refractivity contribution in [3.05, 3.63) is 35.9 Å². The molecule has 26 heavy (non-hydrogen) atoms. The van der Waals surface area contributed by atoms with Crippen molar-refractivity contribution in [2.75, 3.05) is 6.23 Å². The Balaban J connectivity index is 2.89. The van der Waals surface area contributed by atoms with Crippen molar-refractivity contribution >= 4 is 33.5 Å². The molecular weight excluding hydrogens is 389 g/mol. The SMILES string of the molecule is CC(C[Si](C)(OC[Si](C)(C)O[Si](C)(C)C)O[Si](C)(C)C)c1ccccc1. The van der Waals surface area contributed by atoms with Crippen molar-refractivity contribution in [1.82, 2.24) is 0 Å². The van der Waals surface area contributed by atoms with Gasteiger partial charge >= 0.3 is 8.56 Å². The highest BCUT2D eigenvalue weighted by Crippen LogP contribution is 2.30. The fraction of sp³-hybridized carbons (Fsp3) is 0.684. The van der Waals surface area contributed by atoms with Gasteiger partial charge in [-0.2, -0.15) is 0 Å². The lowest BCUT2D eigenvalue weighted by molar-refractivity contribution is 0.265. The van der Waals surface area contributed by atoms with E-state index >= 15 is 0 Å². The zero-order chi connectivity index (χ0) is 20.2. The first kappa shape index (κ1) is 24.0. The van der Waals surface area contributed by atoms with E-state index in [9.17, 15) is 0 Å². The van der Waals surface area contributed by atoms with Crippen LogP contribution in [0.3, 0.4) is 0 Å². The minimum atomic E-state index is -2.28. The molecule has 7 heteroatoms. The van der Waals surface area contributed by atoms with Crippen LogP contribution in [0.5, 0.6) is 0 Å². The van der Waals surface area contributed by atoms with Crippen molar-refractivity contribution in [2.24, 2.45) is 0 Å². The zero-order valence-corrected chi connectivity index (χ0v) is 22.6. The topological polar surface area (TPSA) is 27.7 Å². The Kier molecular flexibility index (Phi) is 8.29. The first-order chi connectivity index (χ1) is 11.6. The highest BCUT2D eigenvalue weighted by atomic mass is 28.4. The molecule has 3 nitrogen and oxygen atoms in total. The summed E-state index contributed by atoms with van der Waals surface area (Å²) in [7, 11) is -7.37. The minimum absolute atomic E-state index is 0.437. The van der Waals surface area contributed by atoms with Gasteiger partial charge in [-0.25, -0.2) is 0 Å². The fourth-order valence-electron chi connectivity index (χ4n) is 3.42. The molecule has 0 N–H and O–H groups in total. The van der Waals surface area contributed by atoms with Crippen LogP contribution < -0.4 is 0 Å². The maximum Gasteiger partial charge on any atom is 0.325 e. The molecule has 2 atom stereocenters. The van der Waals surface area contributed by atoms with E-state index in [0.29, 0.717) is 5.92 Å². The standard InChI is InChI=1S/C19H40O3Si4/c1-18(19-14-12-11-13-15-19)16-26(10,22-24(5,6)7)20-17-25(8,9)21-23(2,3)4/h11-15,18H,16-17H2,1-10H3. The van der Waals surface area contributed by atoms with Crippen LogP contribution >= 0.6 is 0 Å². The third-order valence-corrected chi connectivity index (χ3v) is 15.9. The molecule has 1 rings (SSSR count). The van der Waals surface area contributed by atoms with Gasteiger partial charge < -0.3 is 12.7 Å². The van der Waals surface area contributed by atoms with Crippen LogP contribution in [0.25, 0.3) is 0 Å². The second-order valence-corrected chi connectivity index (χ2v) is 27.0. The number of hydrogen-bond donors (Lipinski definition) is 0. The van der Waals surface area contributed by atoms with Gasteiger partial charge in [0.05, 0.1) is 6.23 Å². The predicted molar refractivity (Wildman–Crippen MR) is 124 cm³/mol. The Morgan fingerprint density at radius 1 is 0.769 bits per heavy atom. The summed E-state index contributed by atoms with van der Waals surface area (Å²) in [4.78, 5) is 0. The van der Waals surface area contributed by atoms with Crippen molar-refractivity contribution in [3.8, 4) is 0 Å². The van der Waals surface area contributed by atoms with Gasteiger partial charge in [0, 0.05) is 0 Å². The molecule has 0 heterocycles. The van der Waals surface area contributed by atoms with Crippen molar-refractivity contribution in [1.29, 1.82) is 0 Å². The molecule has 0 aromatic heterocycles. The lowest BCUT2D eigenvalue weighted by Crippen LogP contribution is -2.53. The lowest BCUT2D eigenvalue weighted by Gasteiger charge is -2.39. The van der Waals surface area contributed by atoms with Crippen LogP contribution in [-0.2, 0) is 12.7 Å². The number of benzene rings is 1. The molecule has 0 aliphatic rings. The summed E-state index contributed by atoms with van der Waals surface area (Å²) in [5.41, 5.74) is 1.36. The van der Waals surface area contributed by atoms with Crippen LogP contribution in [0.4, 0.5) is 0 Å². The van der Waals surface area contributed by atoms with E-state index in [4.69, 9.17) is 12.7 Å². The molecule has 0 bridgehead atoms. The van der Waals surface area contributed by atoms with E-state index in [1.165, 1.54) is 5.56 Å². The van der Waals surface area contributed by atoms with Gasteiger partial charge in [-0.15, -0.1) is 0 Å². The van der Waals surface area contributed by atoms with E-state index in [0.717, 1.165) is 12.3 Å². The first-order valence-electron chi connectivity index (χ1n) is 9.70. The molecule has 0 saturated heterocycles. The molecule has 1 aromatic rings. The van der Waals surface area contributed by atoms with E-state index in [-0.39, 0.29) is 0 Å². The van der Waals surface area contributed by atoms with E-state index in [2.05, 4.69) is 96.2 Å². The average molecular weight is 429 g/mol. The van der Waals surface area contributed by atoms with Crippen LogP contribution in [0.1, 0.15) is 18.4 Å². The summed E-state index contributed by atoms with van der Waals surface area (Å²) in [5.74, 6) is 0.437. The average Bonchev–Trinajstić information content (AvgIpc) is 2.42. The zero-order valence-electron chi connectivity index (χ0n) is 18.6. The van der Waals surface area contributed by atoms with Gasteiger partial charge in [0.15, 0.2) is 25.0 Å². The molecule has 0 radical (unpaired) electrons. The highest BCUT2D eigenvalue weighted by Gasteiger charge is 2.41. The van der Waals surface area contributed by atoms with Crippen LogP contribution in [0.15, 0.2) is 30.3 Å². The molecule has 0 spiro atoms. The number of rotatable bonds is 10. The van der Waals surface area contributed by atoms with Gasteiger partial charge in [-0.1, -0.05) is 37.3 Å². The Hall–Kier alpha value is -0.0325. The van der Waals surface area contributed by atoms with Gasteiger partial charge in [-0.3, -0.25) is 0 Å². The quantitative estimate of drug-likeness (QED) is 0.408. The van der Waals surface area contributed by atoms with E-state index < -0.39 is 33.5 Å². The normalized spacial score (nSPS) is 17.0. The molecule has 2 unspecified atom stereocenters. The smallest absolute Gasteiger partial charge is 0.325 e. The summed E-state index contributed by atoms with van der Waals surface area (Å²) in [6.45, 7) is 22.6. The lowest BCUT2D eigenvalue weighted by atomic mass is 10.0. The van der Waals surface area contributed by atoms with Crippen molar-refractivity contribution in [3.63, 3.8) is 0 Å². The molecule has 0 saturated carbocycles. The van der Waals surface area contributed by atoms with E-state index in [1.54, 1.807) is 0 Å². The summed E-state index contributed by atoms with van der Waals surface area (Å²) < 4.78 is 19.8. The molecule has 0 amide bonds. The third-order valence-electron chi connectivity index (χ3n) is 3.88. The minimum Gasteiger partial charge on any atom is -0.454 e. The third kappa shape index (κ3) is 9.77. The molecular formula is C19H40O3Si4. The second kappa shape index (κ2) is 8.98. The van der Waals surface area contributed by atoms with Crippen molar-refractivity contribution in [2.45, 2.75) is 77.8 Å². The molecule has 150 valence electrons. The Labute approximate surface area is 166 Å². The summed E-state index contributed by atoms with van der Waals surface area (Å²) in [6.07, 6.45) is 0.728. The molecule has 0 aliphatic carbocycles. The van der Waals surface area contributed by atoms with Crippen LogP contribution in [-0.4, -0.2) is 39.7 Å². The highest BCUT2D eigenvalue weighted by molar-refractivity contribution is 6.85.